The second-order valence-electron chi connectivity index (χ2n) is 5.01. The summed E-state index contributed by atoms with van der Waals surface area (Å²) in [6.07, 6.45) is 15.8. The molecule has 0 aromatic rings. The number of rotatable bonds is 8. The Hall–Kier alpha value is -0.973. The van der Waals surface area contributed by atoms with Crippen molar-refractivity contribution in [2.45, 2.75) is 36.6 Å². The van der Waals surface area contributed by atoms with Crippen LogP contribution in [-0.2, 0) is 9.47 Å². The average molecular weight is 279 g/mol. The van der Waals surface area contributed by atoms with Gasteiger partial charge in [-0.15, -0.1) is 6.58 Å². The van der Waals surface area contributed by atoms with Crippen molar-refractivity contribution in [2.24, 2.45) is 4.99 Å². The Morgan fingerprint density at radius 1 is 1.32 bits per heavy atom. The van der Waals surface area contributed by atoms with E-state index < -0.39 is 0 Å². The Kier molecular flexibility index (Phi) is 6.41. The fourth-order valence-electron chi connectivity index (χ4n) is 2.21. The van der Waals surface area contributed by atoms with Gasteiger partial charge in [0.1, 0.15) is 5.41 Å². The van der Waals surface area contributed by atoms with Gasteiger partial charge in [0.2, 0.25) is 0 Å². The molecular weight excluding hydrogens is 254 g/mol. The van der Waals surface area contributed by atoms with Crippen molar-refractivity contribution < 1.29 is 9.47 Å². The Morgan fingerprint density at radius 3 is 2.68 bits per heavy atom. The average Bonchev–Trinajstić information content (AvgIpc) is 2.65. The Labute approximate surface area is 119 Å². The van der Waals surface area contributed by atoms with E-state index in [1.54, 1.807) is 14.2 Å². The molecule has 0 aliphatic carbocycles. The molecule has 0 saturated carbocycles. The van der Waals surface area contributed by atoms with Crippen molar-refractivity contribution in [3.05, 3.63) is 37.0 Å². The number of ether oxygens (including phenoxy) is 2. The zero-order valence-corrected chi connectivity index (χ0v) is 14.3. The maximum Gasteiger partial charge on any atom is 0.140 e. The van der Waals surface area contributed by atoms with Crippen molar-refractivity contribution in [3.8, 4) is 0 Å². The van der Waals surface area contributed by atoms with E-state index in [-0.39, 0.29) is 10.9 Å². The molecular formula is C15H25NO2Si. The fraction of sp³-hybridized carbons (Fsp3) is 0.533. The molecule has 1 atom stereocenters. The molecule has 1 unspecified atom stereocenters. The first-order valence-corrected chi connectivity index (χ1v) is 7.71. The van der Waals surface area contributed by atoms with Crippen LogP contribution in [0, 0.1) is 0 Å². The zero-order chi connectivity index (χ0) is 14.2. The highest BCUT2D eigenvalue weighted by molar-refractivity contribution is 6.13. The molecule has 0 radical (unpaired) electrons. The molecule has 106 valence electrons. The summed E-state index contributed by atoms with van der Waals surface area (Å²) in [5.74, 6) is 0. The largest absolute Gasteiger partial charge is 0.358 e. The van der Waals surface area contributed by atoms with Crippen LogP contribution in [0.3, 0.4) is 0 Å². The Bertz CT molecular complexity index is 354. The van der Waals surface area contributed by atoms with E-state index in [2.05, 4.69) is 23.7 Å². The van der Waals surface area contributed by atoms with Gasteiger partial charge in [-0.25, -0.2) is 0 Å². The van der Waals surface area contributed by atoms with Gasteiger partial charge in [0.15, 0.2) is 0 Å². The lowest BCUT2D eigenvalue weighted by Crippen LogP contribution is -2.35. The smallest absolute Gasteiger partial charge is 0.140 e. The maximum atomic E-state index is 5.44. The quantitative estimate of drug-likeness (QED) is 0.386. The predicted molar refractivity (Wildman–Crippen MR) is 84.9 cm³/mol. The van der Waals surface area contributed by atoms with Gasteiger partial charge in [-0.3, -0.25) is 4.99 Å². The van der Waals surface area contributed by atoms with Crippen LogP contribution in [0.5, 0.6) is 0 Å². The van der Waals surface area contributed by atoms with Gasteiger partial charge >= 0.3 is 0 Å². The molecule has 19 heavy (non-hydrogen) atoms. The summed E-state index contributed by atoms with van der Waals surface area (Å²) in [7, 11) is 4.28. The van der Waals surface area contributed by atoms with E-state index in [9.17, 15) is 0 Å². The highest BCUT2D eigenvalue weighted by atomic mass is 28.1. The van der Waals surface area contributed by atoms with Crippen molar-refractivity contribution in [2.75, 3.05) is 14.2 Å². The fourth-order valence-corrected chi connectivity index (χ4v) is 2.56. The Balaban J connectivity index is 2.63. The molecule has 0 saturated heterocycles. The van der Waals surface area contributed by atoms with Crippen LogP contribution < -0.4 is 0 Å². The topological polar surface area (TPSA) is 30.8 Å². The van der Waals surface area contributed by atoms with Crippen LogP contribution in [0.2, 0.25) is 0 Å². The highest BCUT2D eigenvalue weighted by Gasteiger charge is 2.27. The van der Waals surface area contributed by atoms with Crippen molar-refractivity contribution >= 4 is 16.5 Å². The molecule has 1 aliphatic rings. The minimum Gasteiger partial charge on any atom is -0.358 e. The van der Waals surface area contributed by atoms with E-state index in [0.29, 0.717) is 0 Å². The standard InChI is InChI=1S/C15H25NO2Si/c1-4-9-14(10-6-5-7-13-16-14)11-8-12-15(19,17-2)18-3/h4-7,10,13H,1,8-9,11-12H2,2-3,19H3. The molecule has 0 amide bonds. The maximum absolute atomic E-state index is 5.44. The summed E-state index contributed by atoms with van der Waals surface area (Å²) in [5.41, 5.74) is -0.527. The Morgan fingerprint density at radius 2 is 2.05 bits per heavy atom. The first kappa shape index (κ1) is 16.1. The van der Waals surface area contributed by atoms with Crippen molar-refractivity contribution in [3.63, 3.8) is 0 Å². The number of nitrogens with zero attached hydrogens (tertiary/aromatic N) is 1. The lowest BCUT2D eigenvalue weighted by Gasteiger charge is -2.30. The van der Waals surface area contributed by atoms with E-state index in [1.165, 1.54) is 0 Å². The number of methoxy groups -OCH3 is 2. The van der Waals surface area contributed by atoms with Crippen LogP contribution in [0.15, 0.2) is 42.0 Å². The van der Waals surface area contributed by atoms with Crippen LogP contribution in [0.25, 0.3) is 0 Å². The van der Waals surface area contributed by atoms with Gasteiger partial charge < -0.3 is 9.47 Å². The lowest BCUT2D eigenvalue weighted by molar-refractivity contribution is -0.147. The summed E-state index contributed by atoms with van der Waals surface area (Å²) in [5, 5.41) is 0. The van der Waals surface area contributed by atoms with Crippen LogP contribution in [-0.4, -0.2) is 41.6 Å². The first-order valence-electron chi connectivity index (χ1n) is 6.71. The van der Waals surface area contributed by atoms with Gasteiger partial charge in [0.05, 0.1) is 15.8 Å². The second kappa shape index (κ2) is 7.58. The summed E-state index contributed by atoms with van der Waals surface area (Å²) < 4.78 is 10.9. The first-order chi connectivity index (χ1) is 9.10. The minimum absolute atomic E-state index is 0.158. The molecule has 0 bridgehead atoms. The summed E-state index contributed by atoms with van der Waals surface area (Å²) in [4.78, 5) is 4.68. The normalized spacial score (nSPS) is 22.6. The van der Waals surface area contributed by atoms with Crippen LogP contribution in [0.4, 0.5) is 0 Å². The monoisotopic (exact) mass is 279 g/mol. The van der Waals surface area contributed by atoms with Crippen LogP contribution >= 0.6 is 0 Å². The van der Waals surface area contributed by atoms with Gasteiger partial charge in [0, 0.05) is 20.4 Å². The van der Waals surface area contributed by atoms with Gasteiger partial charge in [-0.05, 0) is 31.8 Å². The molecule has 4 heteroatoms. The van der Waals surface area contributed by atoms with Crippen LogP contribution in [0.1, 0.15) is 25.7 Å². The molecule has 0 aromatic carbocycles. The highest BCUT2D eigenvalue weighted by Crippen LogP contribution is 2.28. The van der Waals surface area contributed by atoms with Gasteiger partial charge in [0.25, 0.3) is 0 Å². The summed E-state index contributed by atoms with van der Waals surface area (Å²) >= 11 is 0. The number of allylic oxidation sites excluding steroid dienone is 3. The van der Waals surface area contributed by atoms with Gasteiger partial charge in [-0.1, -0.05) is 24.3 Å². The van der Waals surface area contributed by atoms with E-state index in [1.807, 2.05) is 24.4 Å². The predicted octanol–water partition coefficient (Wildman–Crippen LogP) is 1.98. The SMILES string of the molecule is C=CCC1(CCCC([SiH3])(OC)OC)C=CC=CC=N1. The third-order valence-corrected chi connectivity index (χ3v) is 4.96. The van der Waals surface area contributed by atoms with E-state index in [4.69, 9.17) is 9.47 Å². The summed E-state index contributed by atoms with van der Waals surface area (Å²) in [6, 6.07) is 0. The van der Waals surface area contributed by atoms with E-state index >= 15 is 0 Å². The third-order valence-electron chi connectivity index (χ3n) is 3.65. The third kappa shape index (κ3) is 4.89. The molecule has 1 heterocycles. The lowest BCUT2D eigenvalue weighted by atomic mass is 9.89. The van der Waals surface area contributed by atoms with Crippen molar-refractivity contribution in [1.29, 1.82) is 0 Å². The molecule has 3 nitrogen and oxygen atoms in total. The number of aliphatic imine (C=N–C) groups is 1. The molecule has 0 aromatic heterocycles. The zero-order valence-electron chi connectivity index (χ0n) is 12.3. The minimum atomic E-state index is -0.369. The van der Waals surface area contributed by atoms with Gasteiger partial charge in [-0.2, -0.15) is 0 Å². The van der Waals surface area contributed by atoms with E-state index in [0.717, 1.165) is 35.9 Å². The molecule has 0 spiro atoms. The molecule has 1 aliphatic heterocycles. The second-order valence-corrected chi connectivity index (χ2v) is 6.54. The molecule has 0 N–H and O–H groups in total. The number of hydrogen-bond acceptors (Lipinski definition) is 3. The van der Waals surface area contributed by atoms with Crippen molar-refractivity contribution in [1.82, 2.24) is 0 Å². The molecule has 1 rings (SSSR count). The summed E-state index contributed by atoms with van der Waals surface area (Å²) in [6.45, 7) is 3.85. The number of hydrogen-bond donors (Lipinski definition) is 0. The molecule has 0 fully saturated rings.